The first-order valence-electron chi connectivity index (χ1n) is 6.75. The van der Waals surface area contributed by atoms with E-state index in [1.165, 1.54) is 6.07 Å². The Morgan fingerprint density at radius 1 is 1.35 bits per heavy atom. The van der Waals surface area contributed by atoms with Crippen LogP contribution in [0, 0.1) is 17.7 Å². The van der Waals surface area contributed by atoms with Crippen LogP contribution in [0.15, 0.2) is 24.3 Å². The highest BCUT2D eigenvalue weighted by atomic mass is 35.5. The van der Waals surface area contributed by atoms with Crippen molar-refractivity contribution >= 4 is 18.3 Å². The maximum absolute atomic E-state index is 13.4. The predicted molar refractivity (Wildman–Crippen MR) is 82.4 cm³/mol. The molecule has 0 saturated carbocycles. The van der Waals surface area contributed by atoms with Crippen LogP contribution in [0.1, 0.15) is 25.8 Å². The highest BCUT2D eigenvalue weighted by Crippen LogP contribution is 2.13. The van der Waals surface area contributed by atoms with Crippen LogP contribution >= 0.6 is 12.4 Å². The number of nitrogens with one attached hydrogen (secondary N) is 1. The second kappa shape index (κ2) is 9.72. The molecule has 3 N–H and O–H groups in total. The zero-order chi connectivity index (χ0) is 14.3. The molecule has 2 unspecified atom stereocenters. The van der Waals surface area contributed by atoms with E-state index in [1.807, 2.05) is 19.9 Å². The summed E-state index contributed by atoms with van der Waals surface area (Å²) in [4.78, 5) is 11.8. The SMILES string of the molecule is CC(CN)CNC(=O)C(C)CCc1ccccc1F.Cl. The molecular weight excluding hydrogens is 279 g/mol. The van der Waals surface area contributed by atoms with Gasteiger partial charge in [0.05, 0.1) is 0 Å². The first-order valence-corrected chi connectivity index (χ1v) is 6.75. The van der Waals surface area contributed by atoms with Crippen LogP contribution in [0.4, 0.5) is 4.39 Å². The summed E-state index contributed by atoms with van der Waals surface area (Å²) in [6.45, 7) is 5.01. The Morgan fingerprint density at radius 2 is 2.00 bits per heavy atom. The molecule has 1 aromatic rings. The second-order valence-electron chi connectivity index (χ2n) is 5.12. The van der Waals surface area contributed by atoms with E-state index < -0.39 is 0 Å². The molecule has 0 spiro atoms. The normalized spacial score (nSPS) is 13.2. The van der Waals surface area contributed by atoms with Gasteiger partial charge in [-0.25, -0.2) is 4.39 Å². The fourth-order valence-electron chi connectivity index (χ4n) is 1.74. The second-order valence-corrected chi connectivity index (χ2v) is 5.12. The summed E-state index contributed by atoms with van der Waals surface area (Å²) < 4.78 is 13.4. The number of hydrogen-bond donors (Lipinski definition) is 2. The van der Waals surface area contributed by atoms with Crippen molar-refractivity contribution in [2.75, 3.05) is 13.1 Å². The molecule has 0 aliphatic carbocycles. The van der Waals surface area contributed by atoms with Gasteiger partial charge in [0.15, 0.2) is 0 Å². The summed E-state index contributed by atoms with van der Waals surface area (Å²) >= 11 is 0. The van der Waals surface area contributed by atoms with Crippen LogP contribution in [0.5, 0.6) is 0 Å². The van der Waals surface area contributed by atoms with Crippen molar-refractivity contribution in [3.8, 4) is 0 Å². The molecule has 0 bridgehead atoms. The number of rotatable bonds is 7. The Labute approximate surface area is 126 Å². The molecule has 0 aromatic heterocycles. The Balaban J connectivity index is 0.00000361. The van der Waals surface area contributed by atoms with Gasteiger partial charge in [0.1, 0.15) is 5.82 Å². The topological polar surface area (TPSA) is 55.1 Å². The van der Waals surface area contributed by atoms with Gasteiger partial charge in [-0.3, -0.25) is 4.79 Å². The molecular formula is C15H24ClFN2O. The number of carbonyl (C=O) groups is 1. The zero-order valence-corrected chi connectivity index (χ0v) is 12.9. The first-order chi connectivity index (χ1) is 9.04. The predicted octanol–water partition coefficient (Wildman–Crippen LogP) is 2.53. The molecule has 114 valence electrons. The fourth-order valence-corrected chi connectivity index (χ4v) is 1.74. The lowest BCUT2D eigenvalue weighted by Crippen LogP contribution is -2.34. The Morgan fingerprint density at radius 3 is 2.60 bits per heavy atom. The van der Waals surface area contributed by atoms with Crippen molar-refractivity contribution in [1.29, 1.82) is 0 Å². The van der Waals surface area contributed by atoms with Crippen LogP contribution in [0.2, 0.25) is 0 Å². The van der Waals surface area contributed by atoms with Crippen LogP contribution in [0.3, 0.4) is 0 Å². The van der Waals surface area contributed by atoms with Gasteiger partial charge in [-0.15, -0.1) is 12.4 Å². The van der Waals surface area contributed by atoms with Crippen LogP contribution < -0.4 is 11.1 Å². The number of halogens is 2. The van der Waals surface area contributed by atoms with E-state index in [4.69, 9.17) is 5.73 Å². The molecule has 1 amide bonds. The summed E-state index contributed by atoms with van der Waals surface area (Å²) in [6.07, 6.45) is 1.22. The van der Waals surface area contributed by atoms with Gasteiger partial charge in [-0.2, -0.15) is 0 Å². The number of aryl methyl sites for hydroxylation is 1. The maximum atomic E-state index is 13.4. The summed E-state index contributed by atoms with van der Waals surface area (Å²) in [7, 11) is 0. The van der Waals surface area contributed by atoms with E-state index in [0.717, 1.165) is 0 Å². The Hall–Kier alpha value is -1.13. The molecule has 0 aliphatic heterocycles. The lowest BCUT2D eigenvalue weighted by Gasteiger charge is -2.14. The van der Waals surface area contributed by atoms with E-state index in [9.17, 15) is 9.18 Å². The number of benzene rings is 1. The summed E-state index contributed by atoms with van der Waals surface area (Å²) in [5, 5.41) is 2.87. The lowest BCUT2D eigenvalue weighted by molar-refractivity contribution is -0.124. The molecule has 0 aliphatic rings. The average molecular weight is 303 g/mol. The minimum atomic E-state index is -0.202. The molecule has 2 atom stereocenters. The Kier molecular flexibility index (Phi) is 9.17. The van der Waals surface area contributed by atoms with Crippen molar-refractivity contribution in [2.45, 2.75) is 26.7 Å². The van der Waals surface area contributed by atoms with Crippen LogP contribution in [-0.4, -0.2) is 19.0 Å². The maximum Gasteiger partial charge on any atom is 0.222 e. The van der Waals surface area contributed by atoms with E-state index >= 15 is 0 Å². The van der Waals surface area contributed by atoms with Crippen molar-refractivity contribution < 1.29 is 9.18 Å². The van der Waals surface area contributed by atoms with Crippen LogP contribution in [0.25, 0.3) is 0 Å². The van der Waals surface area contributed by atoms with Gasteiger partial charge in [-0.1, -0.05) is 32.0 Å². The average Bonchev–Trinajstić information content (AvgIpc) is 2.43. The molecule has 5 heteroatoms. The van der Waals surface area contributed by atoms with Crippen molar-refractivity contribution in [3.05, 3.63) is 35.6 Å². The number of hydrogen-bond acceptors (Lipinski definition) is 2. The molecule has 1 aromatic carbocycles. The molecule has 0 radical (unpaired) electrons. The molecule has 0 fully saturated rings. The van der Waals surface area contributed by atoms with E-state index in [0.29, 0.717) is 31.5 Å². The third-order valence-corrected chi connectivity index (χ3v) is 3.28. The number of carbonyl (C=O) groups excluding carboxylic acids is 1. The van der Waals surface area contributed by atoms with E-state index in [1.54, 1.807) is 12.1 Å². The monoisotopic (exact) mass is 302 g/mol. The van der Waals surface area contributed by atoms with Gasteiger partial charge < -0.3 is 11.1 Å². The first kappa shape index (κ1) is 18.9. The van der Waals surface area contributed by atoms with Gasteiger partial charge in [-0.05, 0) is 36.9 Å². The minimum Gasteiger partial charge on any atom is -0.356 e. The highest BCUT2D eigenvalue weighted by Gasteiger charge is 2.14. The summed E-state index contributed by atoms with van der Waals surface area (Å²) in [5.41, 5.74) is 6.16. The van der Waals surface area contributed by atoms with Crippen molar-refractivity contribution in [1.82, 2.24) is 5.32 Å². The van der Waals surface area contributed by atoms with E-state index in [2.05, 4.69) is 5.32 Å². The standard InChI is InChI=1S/C15H23FN2O.ClH/c1-11(9-17)10-18-15(19)12(2)7-8-13-5-3-4-6-14(13)16;/h3-6,11-12H,7-10,17H2,1-2H3,(H,18,19);1H. The van der Waals surface area contributed by atoms with Gasteiger partial charge >= 0.3 is 0 Å². The molecule has 1 rings (SSSR count). The lowest BCUT2D eigenvalue weighted by atomic mass is 10.00. The molecule has 20 heavy (non-hydrogen) atoms. The minimum absolute atomic E-state index is 0. The third-order valence-electron chi connectivity index (χ3n) is 3.28. The van der Waals surface area contributed by atoms with Crippen molar-refractivity contribution in [2.24, 2.45) is 17.6 Å². The molecule has 3 nitrogen and oxygen atoms in total. The van der Waals surface area contributed by atoms with Crippen LogP contribution in [-0.2, 0) is 11.2 Å². The fraction of sp³-hybridized carbons (Fsp3) is 0.533. The summed E-state index contributed by atoms with van der Waals surface area (Å²) in [5.74, 6) is -0.0317. The zero-order valence-electron chi connectivity index (χ0n) is 12.1. The third kappa shape index (κ3) is 6.35. The molecule has 0 heterocycles. The van der Waals surface area contributed by atoms with Gasteiger partial charge in [0.2, 0.25) is 5.91 Å². The smallest absolute Gasteiger partial charge is 0.222 e. The largest absolute Gasteiger partial charge is 0.356 e. The quantitative estimate of drug-likeness (QED) is 0.813. The van der Waals surface area contributed by atoms with Gasteiger partial charge in [0, 0.05) is 12.5 Å². The number of amides is 1. The Bertz CT molecular complexity index is 415. The van der Waals surface area contributed by atoms with Crippen molar-refractivity contribution in [3.63, 3.8) is 0 Å². The molecule has 0 saturated heterocycles. The van der Waals surface area contributed by atoms with E-state index in [-0.39, 0.29) is 36.0 Å². The highest BCUT2D eigenvalue weighted by molar-refractivity contribution is 5.85. The number of nitrogens with two attached hydrogens (primary N) is 1. The van der Waals surface area contributed by atoms with Gasteiger partial charge in [0.25, 0.3) is 0 Å². The summed E-state index contributed by atoms with van der Waals surface area (Å²) in [6, 6.07) is 6.69.